The Morgan fingerprint density at radius 3 is 2.66 bits per heavy atom. The molecule has 47 heavy (non-hydrogen) atoms. The molecule has 0 atom stereocenters. The van der Waals surface area contributed by atoms with Gasteiger partial charge in [0.2, 0.25) is 0 Å². The zero-order valence-electron chi connectivity index (χ0n) is 27.2. The number of hydrogen-bond donors (Lipinski definition) is 3. The second-order valence-electron chi connectivity index (χ2n) is 13.8. The molecule has 0 spiro atoms. The molecule has 5 aromatic heterocycles. The predicted octanol–water partition coefficient (Wildman–Crippen LogP) is 8.15. The number of halogens is 1. The SMILES string of the molecule is C=C(CC(C)(C)C)Nc1cncc(-c2cc3c(-c4nc5c(-c6cc(F)cc(CCCN7CCCC7)c6)nccc5[nH]4)n[nH]c3cn2)c1. The summed E-state index contributed by atoms with van der Waals surface area (Å²) in [4.78, 5) is 24.6. The van der Waals surface area contributed by atoms with E-state index in [0.717, 1.165) is 76.0 Å². The average molecular weight is 630 g/mol. The van der Waals surface area contributed by atoms with Gasteiger partial charge in [-0.3, -0.25) is 20.1 Å². The molecule has 0 unspecified atom stereocenters. The summed E-state index contributed by atoms with van der Waals surface area (Å²) in [7, 11) is 0. The molecule has 0 bridgehead atoms. The fourth-order valence-electron chi connectivity index (χ4n) is 6.50. The van der Waals surface area contributed by atoms with Gasteiger partial charge in [0, 0.05) is 34.6 Å². The Hall–Kier alpha value is -4.96. The lowest BCUT2D eigenvalue weighted by molar-refractivity contribution is 0.334. The van der Waals surface area contributed by atoms with Gasteiger partial charge in [-0.05, 0) is 99.1 Å². The van der Waals surface area contributed by atoms with Gasteiger partial charge in [0.15, 0.2) is 5.82 Å². The minimum absolute atomic E-state index is 0.125. The third kappa shape index (κ3) is 6.92. The number of aromatic nitrogens is 7. The maximum atomic E-state index is 14.9. The van der Waals surface area contributed by atoms with Crippen LogP contribution in [0.4, 0.5) is 10.1 Å². The van der Waals surface area contributed by atoms with Gasteiger partial charge in [0.1, 0.15) is 17.0 Å². The number of aryl methyl sites for hydroxylation is 1. The molecule has 6 heterocycles. The van der Waals surface area contributed by atoms with Crippen molar-refractivity contribution in [3.05, 3.63) is 84.8 Å². The second-order valence-corrected chi connectivity index (χ2v) is 13.8. The van der Waals surface area contributed by atoms with Crippen LogP contribution in [0.2, 0.25) is 0 Å². The van der Waals surface area contributed by atoms with Crippen LogP contribution in [0.1, 0.15) is 52.0 Å². The summed E-state index contributed by atoms with van der Waals surface area (Å²) >= 11 is 0. The number of benzene rings is 1. The van der Waals surface area contributed by atoms with E-state index in [1.165, 1.54) is 32.0 Å². The van der Waals surface area contributed by atoms with Crippen molar-refractivity contribution in [3.8, 4) is 34.0 Å². The number of rotatable bonds is 10. The molecular formula is C37H40FN9. The van der Waals surface area contributed by atoms with Crippen LogP contribution in [0.5, 0.6) is 0 Å². The smallest absolute Gasteiger partial charge is 0.159 e. The zero-order chi connectivity index (χ0) is 32.5. The summed E-state index contributed by atoms with van der Waals surface area (Å²) in [6.45, 7) is 14.1. The van der Waals surface area contributed by atoms with Crippen LogP contribution in [0, 0.1) is 11.2 Å². The maximum absolute atomic E-state index is 14.9. The molecule has 9 nitrogen and oxygen atoms in total. The third-order valence-corrected chi connectivity index (χ3v) is 8.54. The molecule has 1 saturated heterocycles. The number of allylic oxidation sites excluding steroid dienone is 1. The second kappa shape index (κ2) is 12.7. The minimum Gasteiger partial charge on any atom is -0.358 e. The average Bonchev–Trinajstić information content (AvgIpc) is 3.79. The normalized spacial score (nSPS) is 14.0. The summed E-state index contributed by atoms with van der Waals surface area (Å²) in [6.07, 6.45) is 12.3. The van der Waals surface area contributed by atoms with Gasteiger partial charge >= 0.3 is 0 Å². The van der Waals surface area contributed by atoms with Gasteiger partial charge in [0.25, 0.3) is 0 Å². The van der Waals surface area contributed by atoms with Crippen molar-refractivity contribution < 1.29 is 4.39 Å². The van der Waals surface area contributed by atoms with Crippen LogP contribution in [0.25, 0.3) is 56.0 Å². The minimum atomic E-state index is -0.265. The summed E-state index contributed by atoms with van der Waals surface area (Å²) in [5.41, 5.74) is 8.77. The van der Waals surface area contributed by atoms with Crippen molar-refractivity contribution in [2.45, 2.75) is 52.9 Å². The third-order valence-electron chi connectivity index (χ3n) is 8.54. The fourth-order valence-corrected chi connectivity index (χ4v) is 6.50. The molecular weight excluding hydrogens is 589 g/mol. The Labute approximate surface area is 273 Å². The first-order chi connectivity index (χ1) is 22.7. The fraction of sp³-hybridized carbons (Fsp3) is 0.324. The summed E-state index contributed by atoms with van der Waals surface area (Å²) in [6, 6.07) is 11.1. The van der Waals surface area contributed by atoms with Crippen molar-refractivity contribution in [3.63, 3.8) is 0 Å². The first-order valence-corrected chi connectivity index (χ1v) is 16.3. The van der Waals surface area contributed by atoms with Gasteiger partial charge in [-0.25, -0.2) is 9.37 Å². The number of anilines is 1. The molecule has 1 aliphatic rings. The van der Waals surface area contributed by atoms with Crippen molar-refractivity contribution >= 4 is 27.6 Å². The lowest BCUT2D eigenvalue weighted by Gasteiger charge is -2.20. The largest absolute Gasteiger partial charge is 0.358 e. The quantitative estimate of drug-likeness (QED) is 0.140. The molecule has 3 N–H and O–H groups in total. The molecule has 10 heteroatoms. The molecule has 240 valence electrons. The molecule has 1 aliphatic heterocycles. The summed E-state index contributed by atoms with van der Waals surface area (Å²) in [5.74, 6) is 0.325. The van der Waals surface area contributed by atoms with E-state index in [4.69, 9.17) is 4.98 Å². The number of imidazole rings is 1. The standard InChI is InChI=1S/C37H40FN9/c1-23(19-37(2,3)4)42-28-17-26(20-39-21-28)31-18-29-32(22-41-31)45-46-34(29)36-43-30-9-10-40-33(35(30)44-36)25-14-24(15-27(38)16-25)8-7-13-47-11-5-6-12-47/h9-10,14-18,20-22,42H,1,5-8,11-13,19H2,2-4H3,(H,43,44)(H,45,46). The highest BCUT2D eigenvalue weighted by molar-refractivity contribution is 5.97. The van der Waals surface area contributed by atoms with Gasteiger partial charge in [-0.15, -0.1) is 0 Å². The zero-order valence-corrected chi connectivity index (χ0v) is 27.2. The number of hydrogen-bond acceptors (Lipinski definition) is 7. The van der Waals surface area contributed by atoms with E-state index in [1.54, 1.807) is 30.9 Å². The molecule has 0 saturated carbocycles. The Kier molecular flexibility index (Phi) is 8.28. The van der Waals surface area contributed by atoms with Crippen molar-refractivity contribution in [2.75, 3.05) is 25.0 Å². The van der Waals surface area contributed by atoms with E-state index in [9.17, 15) is 4.39 Å². The van der Waals surface area contributed by atoms with E-state index >= 15 is 0 Å². The molecule has 1 fully saturated rings. The Balaban J connectivity index is 1.17. The lowest BCUT2D eigenvalue weighted by atomic mass is 9.91. The van der Waals surface area contributed by atoms with Crippen molar-refractivity contribution in [1.82, 2.24) is 40.0 Å². The highest BCUT2D eigenvalue weighted by Crippen LogP contribution is 2.33. The van der Waals surface area contributed by atoms with Gasteiger partial charge in [-0.2, -0.15) is 5.10 Å². The monoisotopic (exact) mass is 629 g/mol. The van der Waals surface area contributed by atoms with Crippen molar-refractivity contribution in [1.29, 1.82) is 0 Å². The molecule has 0 radical (unpaired) electrons. The van der Waals surface area contributed by atoms with E-state index in [1.807, 2.05) is 24.3 Å². The van der Waals surface area contributed by atoms with Crippen LogP contribution < -0.4 is 5.32 Å². The van der Waals surface area contributed by atoms with E-state index in [0.29, 0.717) is 22.7 Å². The van der Waals surface area contributed by atoms with E-state index in [-0.39, 0.29) is 11.2 Å². The molecule has 1 aromatic carbocycles. The predicted molar refractivity (Wildman–Crippen MR) is 186 cm³/mol. The van der Waals surface area contributed by atoms with Gasteiger partial charge < -0.3 is 15.2 Å². The van der Waals surface area contributed by atoms with Gasteiger partial charge in [-0.1, -0.05) is 27.4 Å². The first-order valence-electron chi connectivity index (χ1n) is 16.3. The van der Waals surface area contributed by atoms with Crippen LogP contribution in [0.3, 0.4) is 0 Å². The van der Waals surface area contributed by atoms with Crippen LogP contribution in [0.15, 0.2) is 73.5 Å². The summed E-state index contributed by atoms with van der Waals surface area (Å²) < 4.78 is 14.9. The van der Waals surface area contributed by atoms with Crippen LogP contribution in [-0.4, -0.2) is 59.7 Å². The van der Waals surface area contributed by atoms with E-state index in [2.05, 4.69) is 67.7 Å². The number of likely N-dealkylation sites (tertiary alicyclic amines) is 1. The number of pyridine rings is 3. The number of nitrogens with one attached hydrogen (secondary N) is 3. The molecule has 0 aliphatic carbocycles. The molecule has 7 rings (SSSR count). The number of H-pyrrole nitrogens is 2. The number of fused-ring (bicyclic) bond motifs is 2. The van der Waals surface area contributed by atoms with Gasteiger partial charge in [0.05, 0.1) is 40.5 Å². The molecule has 0 amide bonds. The Morgan fingerprint density at radius 1 is 0.979 bits per heavy atom. The maximum Gasteiger partial charge on any atom is 0.159 e. The first kappa shape index (κ1) is 30.7. The lowest BCUT2D eigenvalue weighted by Crippen LogP contribution is -2.20. The Bertz CT molecular complexity index is 2060. The van der Waals surface area contributed by atoms with Crippen LogP contribution >= 0.6 is 0 Å². The van der Waals surface area contributed by atoms with Crippen molar-refractivity contribution in [2.24, 2.45) is 5.41 Å². The molecule has 6 aromatic rings. The van der Waals surface area contributed by atoms with Crippen LogP contribution in [-0.2, 0) is 6.42 Å². The Morgan fingerprint density at radius 2 is 1.83 bits per heavy atom. The van der Waals surface area contributed by atoms with E-state index < -0.39 is 0 Å². The highest BCUT2D eigenvalue weighted by Gasteiger charge is 2.19. The number of nitrogens with zero attached hydrogens (tertiary/aromatic N) is 6. The topological polar surface area (TPSA) is 111 Å². The summed E-state index contributed by atoms with van der Waals surface area (Å²) in [5, 5.41) is 11.9. The number of aromatic amines is 2. The highest BCUT2D eigenvalue weighted by atomic mass is 19.1.